The van der Waals surface area contributed by atoms with Crippen molar-refractivity contribution in [3.05, 3.63) is 70.0 Å². The number of methoxy groups -OCH3 is 2. The van der Waals surface area contributed by atoms with Crippen LogP contribution in [0.25, 0.3) is 11.3 Å². The molecule has 0 aliphatic carbocycles. The van der Waals surface area contributed by atoms with Crippen molar-refractivity contribution in [2.75, 3.05) is 19.5 Å². The van der Waals surface area contributed by atoms with Crippen molar-refractivity contribution in [3.8, 4) is 22.8 Å². The van der Waals surface area contributed by atoms with E-state index < -0.39 is 11.9 Å². The van der Waals surface area contributed by atoms with Gasteiger partial charge in [-0.05, 0) is 19.1 Å². The summed E-state index contributed by atoms with van der Waals surface area (Å²) >= 11 is 6.15. The summed E-state index contributed by atoms with van der Waals surface area (Å²) in [6, 6.07) is 14.7. The van der Waals surface area contributed by atoms with Crippen molar-refractivity contribution >= 4 is 23.2 Å². The van der Waals surface area contributed by atoms with Crippen molar-refractivity contribution in [1.82, 2.24) is 9.78 Å². The number of halogens is 1. The minimum atomic E-state index is -0.864. The lowest BCUT2D eigenvalue weighted by Crippen LogP contribution is -2.33. The maximum atomic E-state index is 12.8. The SMILES string of the molecule is COc1cc(OC)c(NC(=O)C(C)n2nc(-c3ccccc3)ccc2=O)cc1Cl. The van der Waals surface area contributed by atoms with Gasteiger partial charge in [-0.25, -0.2) is 4.68 Å². The molecule has 0 spiro atoms. The molecule has 7 nitrogen and oxygen atoms in total. The van der Waals surface area contributed by atoms with Gasteiger partial charge in [-0.3, -0.25) is 9.59 Å². The van der Waals surface area contributed by atoms with Gasteiger partial charge in [-0.15, -0.1) is 0 Å². The quantitative estimate of drug-likeness (QED) is 0.665. The molecule has 0 bridgehead atoms. The molecule has 0 radical (unpaired) electrons. The average molecular weight is 414 g/mol. The molecule has 150 valence electrons. The molecule has 1 unspecified atom stereocenters. The van der Waals surface area contributed by atoms with Crippen LogP contribution < -0.4 is 20.3 Å². The van der Waals surface area contributed by atoms with E-state index in [1.165, 1.54) is 26.4 Å². The maximum absolute atomic E-state index is 12.8. The number of anilines is 1. The molecule has 1 heterocycles. The standard InChI is InChI=1S/C21H20ClN3O4/c1-13(21(27)23-17-11-15(22)18(28-2)12-19(17)29-3)25-20(26)10-9-16(24-25)14-7-5-4-6-8-14/h4-13H,1-3H3,(H,23,27). The number of nitrogens with zero attached hydrogens (tertiary/aromatic N) is 2. The van der Waals surface area contributed by atoms with E-state index >= 15 is 0 Å². The number of amides is 1. The summed E-state index contributed by atoms with van der Waals surface area (Å²) in [6.45, 7) is 1.59. The summed E-state index contributed by atoms with van der Waals surface area (Å²) in [7, 11) is 2.95. The van der Waals surface area contributed by atoms with Gasteiger partial charge in [0, 0.05) is 17.7 Å². The van der Waals surface area contributed by atoms with Crippen molar-refractivity contribution in [1.29, 1.82) is 0 Å². The van der Waals surface area contributed by atoms with Gasteiger partial charge in [0.25, 0.3) is 5.56 Å². The molecule has 0 aliphatic rings. The molecular weight excluding hydrogens is 394 g/mol. The molecule has 1 aromatic heterocycles. The number of hydrogen-bond donors (Lipinski definition) is 1. The lowest BCUT2D eigenvalue weighted by atomic mass is 10.1. The number of carbonyl (C=O) groups is 1. The second kappa shape index (κ2) is 8.79. The molecule has 0 saturated carbocycles. The van der Waals surface area contributed by atoms with Gasteiger partial charge >= 0.3 is 0 Å². The number of hydrogen-bond acceptors (Lipinski definition) is 5. The Hall–Kier alpha value is -3.32. The van der Waals surface area contributed by atoms with Crippen LogP contribution in [0.3, 0.4) is 0 Å². The van der Waals surface area contributed by atoms with E-state index in [0.29, 0.717) is 27.9 Å². The fourth-order valence-electron chi connectivity index (χ4n) is 2.77. The van der Waals surface area contributed by atoms with Crippen LogP contribution in [0, 0.1) is 0 Å². The molecule has 1 amide bonds. The number of ether oxygens (including phenoxy) is 2. The number of nitrogens with one attached hydrogen (secondary N) is 1. The molecule has 0 saturated heterocycles. The summed E-state index contributed by atoms with van der Waals surface area (Å²) in [5.41, 5.74) is 1.42. The lowest BCUT2D eigenvalue weighted by molar-refractivity contribution is -0.119. The summed E-state index contributed by atoms with van der Waals surface area (Å²) in [5, 5.41) is 7.41. The topological polar surface area (TPSA) is 82.4 Å². The Labute approximate surface area is 172 Å². The number of aromatic nitrogens is 2. The third-order valence-electron chi connectivity index (χ3n) is 4.37. The van der Waals surface area contributed by atoms with Crippen LogP contribution in [0.1, 0.15) is 13.0 Å². The van der Waals surface area contributed by atoms with Crippen LogP contribution in [0.2, 0.25) is 5.02 Å². The van der Waals surface area contributed by atoms with E-state index in [4.69, 9.17) is 21.1 Å². The number of benzene rings is 2. The number of rotatable bonds is 6. The van der Waals surface area contributed by atoms with Crippen molar-refractivity contribution < 1.29 is 14.3 Å². The average Bonchev–Trinajstić information content (AvgIpc) is 2.74. The Morgan fingerprint density at radius 1 is 1.07 bits per heavy atom. The highest BCUT2D eigenvalue weighted by Crippen LogP contribution is 2.36. The first-order chi connectivity index (χ1) is 13.9. The van der Waals surface area contributed by atoms with Crippen LogP contribution in [0.4, 0.5) is 5.69 Å². The fraction of sp³-hybridized carbons (Fsp3) is 0.190. The summed E-state index contributed by atoms with van der Waals surface area (Å²) in [5.74, 6) is 0.359. The monoisotopic (exact) mass is 413 g/mol. The zero-order chi connectivity index (χ0) is 21.0. The van der Waals surface area contributed by atoms with Crippen molar-refractivity contribution in [2.24, 2.45) is 0 Å². The molecular formula is C21H20ClN3O4. The Morgan fingerprint density at radius 3 is 2.41 bits per heavy atom. The number of carbonyl (C=O) groups excluding carboxylic acids is 1. The van der Waals surface area contributed by atoms with Crippen LogP contribution in [0.5, 0.6) is 11.5 Å². The molecule has 1 atom stereocenters. The normalized spacial score (nSPS) is 11.6. The van der Waals surface area contributed by atoms with Crippen LogP contribution >= 0.6 is 11.6 Å². The van der Waals surface area contributed by atoms with Gasteiger partial charge in [-0.1, -0.05) is 41.9 Å². The Kier molecular flexibility index (Phi) is 6.19. The molecule has 2 aromatic carbocycles. The summed E-state index contributed by atoms with van der Waals surface area (Å²) < 4.78 is 11.6. The lowest BCUT2D eigenvalue weighted by Gasteiger charge is -2.17. The summed E-state index contributed by atoms with van der Waals surface area (Å²) in [6.07, 6.45) is 0. The van der Waals surface area contributed by atoms with Gasteiger partial charge in [0.2, 0.25) is 5.91 Å². The first-order valence-corrected chi connectivity index (χ1v) is 9.20. The van der Waals surface area contributed by atoms with Gasteiger partial charge in [0.05, 0.1) is 30.6 Å². The third-order valence-corrected chi connectivity index (χ3v) is 4.67. The first-order valence-electron chi connectivity index (χ1n) is 8.82. The van der Waals surface area contributed by atoms with E-state index in [1.807, 2.05) is 30.3 Å². The molecule has 3 rings (SSSR count). The first kappa shape index (κ1) is 20.4. The smallest absolute Gasteiger partial charge is 0.267 e. The Morgan fingerprint density at radius 2 is 1.76 bits per heavy atom. The highest BCUT2D eigenvalue weighted by atomic mass is 35.5. The highest BCUT2D eigenvalue weighted by Gasteiger charge is 2.20. The second-order valence-corrected chi connectivity index (χ2v) is 6.63. The van der Waals surface area contributed by atoms with Gasteiger partial charge in [-0.2, -0.15) is 5.10 Å². The molecule has 0 aliphatic heterocycles. The predicted octanol–water partition coefficient (Wildman–Crippen LogP) is 3.78. The Bertz CT molecular complexity index is 1080. The van der Waals surface area contributed by atoms with Crippen LogP contribution in [0.15, 0.2) is 59.4 Å². The van der Waals surface area contributed by atoms with Gasteiger partial charge in [0.1, 0.15) is 17.5 Å². The molecule has 8 heteroatoms. The van der Waals surface area contributed by atoms with Crippen molar-refractivity contribution in [2.45, 2.75) is 13.0 Å². The van der Waals surface area contributed by atoms with E-state index in [2.05, 4.69) is 10.4 Å². The van der Waals surface area contributed by atoms with Crippen molar-refractivity contribution in [3.63, 3.8) is 0 Å². The van der Waals surface area contributed by atoms with E-state index in [-0.39, 0.29) is 5.56 Å². The van der Waals surface area contributed by atoms with Crippen LogP contribution in [-0.2, 0) is 4.79 Å². The maximum Gasteiger partial charge on any atom is 0.267 e. The zero-order valence-electron chi connectivity index (χ0n) is 16.2. The van der Waals surface area contributed by atoms with E-state index in [1.54, 1.807) is 19.1 Å². The molecule has 1 N–H and O–H groups in total. The predicted molar refractivity (Wildman–Crippen MR) is 112 cm³/mol. The third kappa shape index (κ3) is 4.41. The van der Waals surface area contributed by atoms with E-state index in [0.717, 1.165) is 10.2 Å². The van der Waals surface area contributed by atoms with E-state index in [9.17, 15) is 9.59 Å². The van der Waals surface area contributed by atoms with Gasteiger partial charge in [0.15, 0.2) is 0 Å². The minimum absolute atomic E-state index is 0.317. The molecule has 29 heavy (non-hydrogen) atoms. The second-order valence-electron chi connectivity index (χ2n) is 6.22. The highest BCUT2D eigenvalue weighted by molar-refractivity contribution is 6.32. The largest absolute Gasteiger partial charge is 0.495 e. The summed E-state index contributed by atoms with van der Waals surface area (Å²) in [4.78, 5) is 25.1. The molecule has 3 aromatic rings. The zero-order valence-corrected chi connectivity index (χ0v) is 16.9. The molecule has 0 fully saturated rings. The minimum Gasteiger partial charge on any atom is -0.495 e. The fourth-order valence-corrected chi connectivity index (χ4v) is 3.01. The van der Waals surface area contributed by atoms with Gasteiger partial charge < -0.3 is 14.8 Å². The van der Waals surface area contributed by atoms with Crippen LogP contribution in [-0.4, -0.2) is 29.9 Å². The Balaban J connectivity index is 1.90.